The fourth-order valence-electron chi connectivity index (χ4n) is 3.70. The summed E-state index contributed by atoms with van der Waals surface area (Å²) in [6, 6.07) is 0. The maximum absolute atomic E-state index is 12.7. The molecule has 2 aromatic heterocycles. The van der Waals surface area contributed by atoms with E-state index in [0.29, 0.717) is 17.6 Å². The van der Waals surface area contributed by atoms with Gasteiger partial charge in [-0.25, -0.2) is 4.98 Å². The third-order valence-electron chi connectivity index (χ3n) is 5.25. The monoisotopic (exact) mass is 303 g/mol. The van der Waals surface area contributed by atoms with Crippen LogP contribution in [0.25, 0.3) is 11.0 Å². The molecule has 0 radical (unpaired) electrons. The molecule has 0 N–H and O–H groups in total. The number of aryl methyl sites for hydroxylation is 1. The molecule has 0 amide bonds. The van der Waals surface area contributed by atoms with E-state index in [1.807, 2.05) is 7.05 Å². The zero-order valence-electron chi connectivity index (χ0n) is 13.7. The summed E-state index contributed by atoms with van der Waals surface area (Å²) < 4.78 is 3.43. The highest BCUT2D eigenvalue weighted by atomic mass is 16.1. The molecule has 0 atom stereocenters. The van der Waals surface area contributed by atoms with Gasteiger partial charge in [0.1, 0.15) is 11.7 Å². The van der Waals surface area contributed by atoms with Crippen molar-refractivity contribution in [3.63, 3.8) is 0 Å². The van der Waals surface area contributed by atoms with Crippen LogP contribution in [0.3, 0.4) is 0 Å². The van der Waals surface area contributed by atoms with Gasteiger partial charge in [0.25, 0.3) is 5.56 Å². The normalized spacial score (nSPS) is 18.2. The lowest BCUT2D eigenvalue weighted by Crippen LogP contribution is -2.52. The molecular formula is C16H25N5O. The molecule has 0 aliphatic heterocycles. The van der Waals surface area contributed by atoms with Crippen LogP contribution in [0.4, 0.5) is 0 Å². The topological polar surface area (TPSA) is 56.0 Å². The predicted octanol–water partition coefficient (Wildman–Crippen LogP) is 1.78. The first-order valence-corrected chi connectivity index (χ1v) is 8.16. The molecule has 1 fully saturated rings. The second kappa shape index (κ2) is 5.83. The Balaban J connectivity index is 1.99. The summed E-state index contributed by atoms with van der Waals surface area (Å²) in [6.07, 6.45) is 9.38. The average Bonchev–Trinajstić information content (AvgIpc) is 2.92. The maximum atomic E-state index is 12.7. The zero-order chi connectivity index (χ0) is 15.7. The molecule has 6 nitrogen and oxygen atoms in total. The average molecular weight is 303 g/mol. The van der Waals surface area contributed by atoms with Crippen LogP contribution in [0, 0.1) is 0 Å². The van der Waals surface area contributed by atoms with E-state index in [9.17, 15) is 4.79 Å². The molecule has 1 aliphatic rings. The Hall–Kier alpha value is -1.69. The number of likely N-dealkylation sites (N-methyl/N-ethyl adjacent to an activating group) is 1. The van der Waals surface area contributed by atoms with Gasteiger partial charge >= 0.3 is 0 Å². The van der Waals surface area contributed by atoms with Crippen LogP contribution in [0.15, 0.2) is 17.3 Å². The van der Waals surface area contributed by atoms with E-state index < -0.39 is 0 Å². The fourth-order valence-corrected chi connectivity index (χ4v) is 3.70. The SMILES string of the molecule is CCN(C)C1(Cn2cnc3c(cnn3C)c2=O)CCCCC1. The second-order valence-electron chi connectivity index (χ2n) is 6.48. The van der Waals surface area contributed by atoms with Crippen molar-refractivity contribution in [1.29, 1.82) is 0 Å². The summed E-state index contributed by atoms with van der Waals surface area (Å²) in [4.78, 5) is 19.6. The molecule has 2 heterocycles. The van der Waals surface area contributed by atoms with E-state index in [0.717, 1.165) is 19.4 Å². The molecular weight excluding hydrogens is 278 g/mol. The third-order valence-corrected chi connectivity index (χ3v) is 5.25. The Labute approximate surface area is 130 Å². The van der Waals surface area contributed by atoms with Crippen molar-refractivity contribution >= 4 is 11.0 Å². The van der Waals surface area contributed by atoms with E-state index in [1.54, 1.807) is 21.8 Å². The van der Waals surface area contributed by atoms with Crippen LogP contribution < -0.4 is 5.56 Å². The van der Waals surface area contributed by atoms with Crippen LogP contribution >= 0.6 is 0 Å². The zero-order valence-corrected chi connectivity index (χ0v) is 13.7. The van der Waals surface area contributed by atoms with Gasteiger partial charge in [-0.3, -0.25) is 18.9 Å². The Morgan fingerprint density at radius 1 is 1.32 bits per heavy atom. The lowest BCUT2D eigenvalue weighted by atomic mass is 9.80. The summed E-state index contributed by atoms with van der Waals surface area (Å²) in [5, 5.41) is 4.75. The molecule has 0 spiro atoms. The number of nitrogens with zero attached hydrogens (tertiary/aromatic N) is 5. The molecule has 120 valence electrons. The van der Waals surface area contributed by atoms with Gasteiger partial charge in [-0.2, -0.15) is 5.10 Å². The van der Waals surface area contributed by atoms with Crippen LogP contribution in [-0.4, -0.2) is 43.4 Å². The smallest absolute Gasteiger partial charge is 0.264 e. The third kappa shape index (κ3) is 2.45. The maximum Gasteiger partial charge on any atom is 0.264 e. The Bertz CT molecular complexity index is 711. The number of hydrogen-bond acceptors (Lipinski definition) is 4. The summed E-state index contributed by atoms with van der Waals surface area (Å²) in [7, 11) is 3.99. The molecule has 1 saturated carbocycles. The Morgan fingerprint density at radius 2 is 2.05 bits per heavy atom. The molecule has 3 rings (SSSR count). The highest BCUT2D eigenvalue weighted by Crippen LogP contribution is 2.34. The number of fused-ring (bicyclic) bond motifs is 1. The lowest BCUT2D eigenvalue weighted by molar-refractivity contribution is 0.0610. The first-order chi connectivity index (χ1) is 10.6. The van der Waals surface area contributed by atoms with Crippen LogP contribution in [0.5, 0.6) is 0 Å². The van der Waals surface area contributed by atoms with E-state index in [4.69, 9.17) is 0 Å². The lowest BCUT2D eigenvalue weighted by Gasteiger charge is -2.44. The van der Waals surface area contributed by atoms with Gasteiger partial charge < -0.3 is 0 Å². The van der Waals surface area contributed by atoms with Crippen molar-refractivity contribution < 1.29 is 0 Å². The number of rotatable bonds is 4. The van der Waals surface area contributed by atoms with E-state index in [2.05, 4.69) is 29.0 Å². The minimum Gasteiger partial charge on any atom is -0.299 e. The fraction of sp³-hybridized carbons (Fsp3) is 0.688. The van der Waals surface area contributed by atoms with E-state index in [-0.39, 0.29) is 11.1 Å². The van der Waals surface area contributed by atoms with Crippen LogP contribution in [-0.2, 0) is 13.6 Å². The van der Waals surface area contributed by atoms with Gasteiger partial charge in [0.05, 0.1) is 6.20 Å². The largest absolute Gasteiger partial charge is 0.299 e. The van der Waals surface area contributed by atoms with E-state index >= 15 is 0 Å². The quantitative estimate of drug-likeness (QED) is 0.864. The summed E-state index contributed by atoms with van der Waals surface area (Å²) >= 11 is 0. The first-order valence-electron chi connectivity index (χ1n) is 8.16. The van der Waals surface area contributed by atoms with Gasteiger partial charge in [0.15, 0.2) is 5.65 Å². The van der Waals surface area contributed by atoms with Crippen molar-refractivity contribution in [2.75, 3.05) is 13.6 Å². The Kier molecular flexibility index (Phi) is 4.04. The van der Waals surface area contributed by atoms with Gasteiger partial charge in [-0.1, -0.05) is 26.2 Å². The van der Waals surface area contributed by atoms with Crippen LogP contribution in [0.1, 0.15) is 39.0 Å². The second-order valence-corrected chi connectivity index (χ2v) is 6.48. The number of hydrogen-bond donors (Lipinski definition) is 0. The van der Waals surface area contributed by atoms with Crippen molar-refractivity contribution in [2.45, 2.75) is 51.1 Å². The Morgan fingerprint density at radius 3 is 2.73 bits per heavy atom. The number of aromatic nitrogens is 4. The minimum absolute atomic E-state index is 0.0209. The van der Waals surface area contributed by atoms with Crippen molar-refractivity contribution in [1.82, 2.24) is 24.2 Å². The summed E-state index contributed by atoms with van der Waals surface area (Å²) in [5.74, 6) is 0. The molecule has 1 aliphatic carbocycles. The van der Waals surface area contributed by atoms with Gasteiger partial charge in [0, 0.05) is 19.1 Å². The summed E-state index contributed by atoms with van der Waals surface area (Å²) in [5.41, 5.74) is 0.754. The van der Waals surface area contributed by atoms with Crippen molar-refractivity contribution in [3.05, 3.63) is 22.9 Å². The van der Waals surface area contributed by atoms with E-state index in [1.165, 1.54) is 19.3 Å². The van der Waals surface area contributed by atoms with Crippen LogP contribution in [0.2, 0.25) is 0 Å². The highest BCUT2D eigenvalue weighted by Gasteiger charge is 2.36. The predicted molar refractivity (Wildman–Crippen MR) is 86.9 cm³/mol. The molecule has 0 aromatic carbocycles. The van der Waals surface area contributed by atoms with Crippen molar-refractivity contribution in [3.8, 4) is 0 Å². The molecule has 6 heteroatoms. The summed E-state index contributed by atoms with van der Waals surface area (Å²) in [6.45, 7) is 3.90. The van der Waals surface area contributed by atoms with Gasteiger partial charge in [-0.15, -0.1) is 0 Å². The van der Waals surface area contributed by atoms with Crippen molar-refractivity contribution in [2.24, 2.45) is 7.05 Å². The van der Waals surface area contributed by atoms with Gasteiger partial charge in [-0.05, 0) is 26.4 Å². The standard InChI is InChI=1S/C16H25N5O/c1-4-19(2)16(8-6-5-7-9-16)11-21-12-17-14-13(15(21)22)10-18-20(14)3/h10,12H,4-9,11H2,1-3H3. The molecule has 0 saturated heterocycles. The molecule has 2 aromatic rings. The molecule has 22 heavy (non-hydrogen) atoms. The highest BCUT2D eigenvalue weighted by molar-refractivity contribution is 5.72. The molecule has 0 bridgehead atoms. The van der Waals surface area contributed by atoms with Gasteiger partial charge in [0.2, 0.25) is 0 Å². The minimum atomic E-state index is 0.0209. The molecule has 0 unspecified atom stereocenters. The first kappa shape index (κ1) is 15.2.